The minimum atomic E-state index is -0.909. The SMILES string of the molecule is CC(C)(C)NC(=O)CC(NC(=O)CCc1ccccc1)C(=O)NCCCN. The molecule has 5 N–H and O–H groups in total. The number of rotatable bonds is 10. The number of hydrogen-bond acceptors (Lipinski definition) is 4. The summed E-state index contributed by atoms with van der Waals surface area (Å²) in [7, 11) is 0. The molecule has 3 amide bonds. The number of benzene rings is 1. The summed E-state index contributed by atoms with van der Waals surface area (Å²) in [5.41, 5.74) is 6.07. The van der Waals surface area contributed by atoms with Gasteiger partial charge in [0.15, 0.2) is 0 Å². The topological polar surface area (TPSA) is 113 Å². The van der Waals surface area contributed by atoms with E-state index in [4.69, 9.17) is 5.73 Å². The standard InChI is InChI=1S/C20H32N4O3/c1-20(2,3)24-18(26)14-16(19(27)22-13-7-12-21)23-17(25)11-10-15-8-5-4-6-9-15/h4-6,8-9,16H,7,10-14,21H2,1-3H3,(H,22,27)(H,23,25)(H,24,26). The van der Waals surface area contributed by atoms with Gasteiger partial charge in [-0.05, 0) is 45.7 Å². The first-order valence-electron chi connectivity index (χ1n) is 9.33. The third-order valence-electron chi connectivity index (χ3n) is 3.72. The lowest BCUT2D eigenvalue weighted by Crippen LogP contribution is -2.51. The lowest BCUT2D eigenvalue weighted by atomic mass is 10.1. The van der Waals surface area contributed by atoms with E-state index in [0.29, 0.717) is 25.9 Å². The van der Waals surface area contributed by atoms with Crippen molar-refractivity contribution in [2.45, 2.75) is 58.0 Å². The molecule has 0 saturated carbocycles. The molecule has 1 unspecified atom stereocenters. The largest absolute Gasteiger partial charge is 0.354 e. The Morgan fingerprint density at radius 3 is 2.33 bits per heavy atom. The number of nitrogens with one attached hydrogen (secondary N) is 3. The van der Waals surface area contributed by atoms with E-state index in [1.165, 1.54) is 0 Å². The molecule has 0 fully saturated rings. The highest BCUT2D eigenvalue weighted by Gasteiger charge is 2.25. The highest BCUT2D eigenvalue weighted by atomic mass is 16.2. The molecule has 0 radical (unpaired) electrons. The minimum absolute atomic E-state index is 0.108. The van der Waals surface area contributed by atoms with Crippen LogP contribution < -0.4 is 21.7 Å². The van der Waals surface area contributed by atoms with Gasteiger partial charge in [-0.2, -0.15) is 0 Å². The Bertz CT molecular complexity index is 611. The number of amides is 3. The molecule has 0 aliphatic rings. The molecule has 0 bridgehead atoms. The summed E-state index contributed by atoms with van der Waals surface area (Å²) < 4.78 is 0. The van der Waals surface area contributed by atoms with Crippen LogP contribution in [-0.4, -0.2) is 42.4 Å². The summed E-state index contributed by atoms with van der Waals surface area (Å²) in [6.45, 7) is 6.45. The number of carbonyl (C=O) groups is 3. The van der Waals surface area contributed by atoms with E-state index in [1.54, 1.807) is 0 Å². The second kappa shape index (κ2) is 11.3. The Morgan fingerprint density at radius 2 is 1.74 bits per heavy atom. The lowest BCUT2D eigenvalue weighted by molar-refractivity contribution is -0.132. The molecule has 1 aromatic carbocycles. The van der Waals surface area contributed by atoms with Gasteiger partial charge in [0, 0.05) is 18.5 Å². The van der Waals surface area contributed by atoms with E-state index in [0.717, 1.165) is 5.56 Å². The van der Waals surface area contributed by atoms with Gasteiger partial charge in [-0.15, -0.1) is 0 Å². The first-order chi connectivity index (χ1) is 12.7. The van der Waals surface area contributed by atoms with Gasteiger partial charge < -0.3 is 21.7 Å². The van der Waals surface area contributed by atoms with Crippen LogP contribution in [0.1, 0.15) is 45.6 Å². The maximum absolute atomic E-state index is 12.4. The van der Waals surface area contributed by atoms with Gasteiger partial charge in [0.1, 0.15) is 6.04 Å². The van der Waals surface area contributed by atoms with Crippen LogP contribution >= 0.6 is 0 Å². The summed E-state index contributed by atoms with van der Waals surface area (Å²) >= 11 is 0. The Kier molecular flexibility index (Phi) is 9.50. The molecule has 150 valence electrons. The van der Waals surface area contributed by atoms with Crippen molar-refractivity contribution < 1.29 is 14.4 Å². The van der Waals surface area contributed by atoms with Crippen molar-refractivity contribution in [3.63, 3.8) is 0 Å². The van der Waals surface area contributed by atoms with Gasteiger partial charge in [0.05, 0.1) is 6.42 Å². The predicted molar refractivity (Wildman–Crippen MR) is 106 cm³/mol. The van der Waals surface area contributed by atoms with E-state index in [-0.39, 0.29) is 30.6 Å². The maximum atomic E-state index is 12.4. The van der Waals surface area contributed by atoms with Crippen molar-refractivity contribution in [3.8, 4) is 0 Å². The molecule has 27 heavy (non-hydrogen) atoms. The zero-order valence-corrected chi connectivity index (χ0v) is 16.5. The molecule has 1 rings (SSSR count). The second-order valence-electron chi connectivity index (χ2n) is 7.54. The van der Waals surface area contributed by atoms with Crippen LogP contribution in [0.15, 0.2) is 30.3 Å². The van der Waals surface area contributed by atoms with Crippen molar-refractivity contribution in [1.82, 2.24) is 16.0 Å². The monoisotopic (exact) mass is 376 g/mol. The lowest BCUT2D eigenvalue weighted by Gasteiger charge is -2.23. The third kappa shape index (κ3) is 10.4. The highest BCUT2D eigenvalue weighted by Crippen LogP contribution is 2.04. The predicted octanol–water partition coefficient (Wildman–Crippen LogP) is 0.874. The molecule has 0 aromatic heterocycles. The van der Waals surface area contributed by atoms with Gasteiger partial charge in [-0.1, -0.05) is 30.3 Å². The van der Waals surface area contributed by atoms with Crippen molar-refractivity contribution in [2.24, 2.45) is 5.73 Å². The van der Waals surface area contributed by atoms with Gasteiger partial charge in [0.25, 0.3) is 0 Å². The molecular formula is C20H32N4O3. The fourth-order valence-corrected chi connectivity index (χ4v) is 2.47. The van der Waals surface area contributed by atoms with Crippen LogP contribution in [0.3, 0.4) is 0 Å². The molecule has 0 aliphatic heterocycles. The summed E-state index contributed by atoms with van der Waals surface area (Å²) in [6.07, 6.45) is 1.34. The average Bonchev–Trinajstić information content (AvgIpc) is 2.59. The molecule has 7 nitrogen and oxygen atoms in total. The van der Waals surface area contributed by atoms with Crippen molar-refractivity contribution >= 4 is 17.7 Å². The van der Waals surface area contributed by atoms with Crippen LogP contribution in [0.2, 0.25) is 0 Å². The first kappa shape index (κ1) is 22.6. The molecule has 1 atom stereocenters. The highest BCUT2D eigenvalue weighted by molar-refractivity contribution is 5.92. The van der Waals surface area contributed by atoms with E-state index < -0.39 is 11.6 Å². The van der Waals surface area contributed by atoms with E-state index in [9.17, 15) is 14.4 Å². The summed E-state index contributed by atoms with van der Waals surface area (Å²) in [4.78, 5) is 36.9. The van der Waals surface area contributed by atoms with Gasteiger partial charge in [0.2, 0.25) is 17.7 Å². The van der Waals surface area contributed by atoms with E-state index >= 15 is 0 Å². The minimum Gasteiger partial charge on any atom is -0.354 e. The summed E-state index contributed by atoms with van der Waals surface area (Å²) in [5.74, 6) is -0.924. The van der Waals surface area contributed by atoms with E-state index in [2.05, 4.69) is 16.0 Å². The Hall–Kier alpha value is -2.41. The third-order valence-corrected chi connectivity index (χ3v) is 3.72. The molecule has 7 heteroatoms. The molecule has 0 saturated heterocycles. The van der Waals surface area contributed by atoms with Crippen LogP contribution in [0.5, 0.6) is 0 Å². The first-order valence-corrected chi connectivity index (χ1v) is 9.33. The maximum Gasteiger partial charge on any atom is 0.243 e. The molecule has 0 heterocycles. The normalized spacial score (nSPS) is 12.1. The Morgan fingerprint density at radius 1 is 1.07 bits per heavy atom. The molecule has 0 aliphatic carbocycles. The zero-order chi connectivity index (χ0) is 20.3. The van der Waals surface area contributed by atoms with Crippen LogP contribution in [-0.2, 0) is 20.8 Å². The zero-order valence-electron chi connectivity index (χ0n) is 16.5. The van der Waals surface area contributed by atoms with Gasteiger partial charge in [-0.3, -0.25) is 14.4 Å². The van der Waals surface area contributed by atoms with Gasteiger partial charge in [-0.25, -0.2) is 0 Å². The van der Waals surface area contributed by atoms with E-state index in [1.807, 2.05) is 51.1 Å². The average molecular weight is 377 g/mol. The summed E-state index contributed by atoms with van der Waals surface area (Å²) in [5, 5.41) is 8.22. The van der Waals surface area contributed by atoms with Gasteiger partial charge >= 0.3 is 0 Å². The van der Waals surface area contributed by atoms with Crippen LogP contribution in [0.25, 0.3) is 0 Å². The van der Waals surface area contributed by atoms with Crippen LogP contribution in [0, 0.1) is 0 Å². The fourth-order valence-electron chi connectivity index (χ4n) is 2.47. The number of carbonyl (C=O) groups excluding carboxylic acids is 3. The smallest absolute Gasteiger partial charge is 0.243 e. The van der Waals surface area contributed by atoms with Crippen molar-refractivity contribution in [3.05, 3.63) is 35.9 Å². The molecule has 1 aromatic rings. The number of hydrogen-bond donors (Lipinski definition) is 4. The number of nitrogens with two attached hydrogens (primary N) is 1. The molecule has 0 spiro atoms. The Labute approximate surface area is 161 Å². The summed E-state index contributed by atoms with van der Waals surface area (Å²) in [6, 6.07) is 8.73. The quantitative estimate of drug-likeness (QED) is 0.454. The van der Waals surface area contributed by atoms with Crippen molar-refractivity contribution in [2.75, 3.05) is 13.1 Å². The second-order valence-corrected chi connectivity index (χ2v) is 7.54. The fraction of sp³-hybridized carbons (Fsp3) is 0.550. The molecular weight excluding hydrogens is 344 g/mol. The van der Waals surface area contributed by atoms with Crippen molar-refractivity contribution in [1.29, 1.82) is 0 Å². The van der Waals surface area contributed by atoms with Crippen LogP contribution in [0.4, 0.5) is 0 Å². The Balaban J connectivity index is 2.64. The number of aryl methyl sites for hydroxylation is 1.